The highest BCUT2D eigenvalue weighted by atomic mass is 19.4. The Morgan fingerprint density at radius 3 is 2.46 bits per heavy atom. The van der Waals surface area contributed by atoms with E-state index in [9.17, 15) is 18.0 Å². The van der Waals surface area contributed by atoms with Gasteiger partial charge in [0.25, 0.3) is 0 Å². The molecule has 1 aromatic rings. The van der Waals surface area contributed by atoms with Crippen molar-refractivity contribution in [1.82, 2.24) is 4.90 Å². The number of hydrogen-bond acceptors (Lipinski definition) is 2. The molecule has 7 heteroatoms. The van der Waals surface area contributed by atoms with Gasteiger partial charge in [-0.15, -0.1) is 6.58 Å². The number of likely N-dealkylation sites (tertiary alicyclic amines) is 1. The minimum atomic E-state index is -4.38. The van der Waals surface area contributed by atoms with Crippen molar-refractivity contribution in [1.29, 1.82) is 0 Å². The Morgan fingerprint density at radius 2 is 1.92 bits per heavy atom. The summed E-state index contributed by atoms with van der Waals surface area (Å²) in [5.74, 6) is 0.417. The van der Waals surface area contributed by atoms with Gasteiger partial charge in [-0.25, -0.2) is 4.79 Å². The number of carbonyl (C=O) groups excluding carboxylic acids is 1. The van der Waals surface area contributed by atoms with E-state index in [1.807, 2.05) is 0 Å². The fourth-order valence-corrected chi connectivity index (χ4v) is 2.57. The first-order valence-electron chi connectivity index (χ1n) is 7.82. The highest BCUT2D eigenvalue weighted by Crippen LogP contribution is 2.30. The third-order valence-corrected chi connectivity index (χ3v) is 3.95. The van der Waals surface area contributed by atoms with Crippen molar-refractivity contribution in [3.8, 4) is 0 Å². The van der Waals surface area contributed by atoms with Gasteiger partial charge in [-0.1, -0.05) is 6.08 Å². The van der Waals surface area contributed by atoms with Crippen LogP contribution in [0.3, 0.4) is 0 Å². The second kappa shape index (κ2) is 8.19. The molecule has 4 nitrogen and oxygen atoms in total. The van der Waals surface area contributed by atoms with E-state index in [1.165, 1.54) is 12.1 Å². The van der Waals surface area contributed by atoms with Crippen LogP contribution in [0.4, 0.5) is 23.7 Å². The average molecular weight is 342 g/mol. The predicted octanol–water partition coefficient (Wildman–Crippen LogP) is 4.15. The smallest absolute Gasteiger partial charge is 0.377 e. The lowest BCUT2D eigenvalue weighted by Gasteiger charge is -2.31. The van der Waals surface area contributed by atoms with Crippen LogP contribution in [0.25, 0.3) is 0 Å². The number of benzene rings is 1. The zero-order valence-corrected chi connectivity index (χ0v) is 13.3. The molecule has 0 saturated carbocycles. The lowest BCUT2D eigenvalue weighted by atomic mass is 9.98. The Balaban J connectivity index is 1.80. The van der Waals surface area contributed by atoms with E-state index in [-0.39, 0.29) is 6.03 Å². The first-order valence-corrected chi connectivity index (χ1v) is 7.82. The molecule has 1 N–H and O–H groups in total. The summed E-state index contributed by atoms with van der Waals surface area (Å²) in [4.78, 5) is 13.8. The molecule has 1 aromatic carbocycles. The number of carbonyl (C=O) groups is 1. The first-order chi connectivity index (χ1) is 11.4. The number of rotatable bonds is 5. The van der Waals surface area contributed by atoms with Crippen molar-refractivity contribution >= 4 is 11.7 Å². The number of ether oxygens (including phenoxy) is 1. The molecule has 2 rings (SSSR count). The second-order valence-corrected chi connectivity index (χ2v) is 5.76. The maximum atomic E-state index is 12.5. The van der Waals surface area contributed by atoms with Crippen molar-refractivity contribution in [3.63, 3.8) is 0 Å². The topological polar surface area (TPSA) is 41.6 Å². The number of anilines is 1. The molecule has 0 aliphatic carbocycles. The van der Waals surface area contributed by atoms with E-state index in [1.54, 1.807) is 11.0 Å². The summed E-state index contributed by atoms with van der Waals surface area (Å²) in [7, 11) is 0. The number of hydrogen-bond donors (Lipinski definition) is 1. The Morgan fingerprint density at radius 1 is 1.29 bits per heavy atom. The number of nitrogens with zero attached hydrogens (tertiary/aromatic N) is 1. The van der Waals surface area contributed by atoms with E-state index in [0.717, 1.165) is 25.0 Å². The molecule has 0 radical (unpaired) electrons. The molecule has 1 heterocycles. The maximum absolute atomic E-state index is 12.5. The van der Waals surface area contributed by atoms with Gasteiger partial charge in [0.15, 0.2) is 0 Å². The van der Waals surface area contributed by atoms with Crippen LogP contribution in [-0.4, -0.2) is 37.2 Å². The molecule has 0 spiro atoms. The average Bonchev–Trinajstić information content (AvgIpc) is 2.55. The van der Waals surface area contributed by atoms with E-state index in [2.05, 4.69) is 11.9 Å². The number of piperidine rings is 1. The minimum absolute atomic E-state index is 0.291. The number of nitrogens with one attached hydrogen (secondary N) is 1. The molecule has 0 atom stereocenters. The van der Waals surface area contributed by atoms with Crippen molar-refractivity contribution in [2.45, 2.75) is 19.0 Å². The molecular weight excluding hydrogens is 321 g/mol. The number of amides is 2. The van der Waals surface area contributed by atoms with Crippen LogP contribution in [0.1, 0.15) is 18.4 Å². The highest BCUT2D eigenvalue weighted by molar-refractivity contribution is 5.89. The molecule has 0 aromatic heterocycles. The molecule has 0 unspecified atom stereocenters. The van der Waals surface area contributed by atoms with Crippen LogP contribution in [0.15, 0.2) is 36.9 Å². The molecule has 1 fully saturated rings. The number of urea groups is 1. The molecule has 1 saturated heterocycles. The molecule has 0 bridgehead atoms. The van der Waals surface area contributed by atoms with Gasteiger partial charge in [-0.3, -0.25) is 0 Å². The van der Waals surface area contributed by atoms with Gasteiger partial charge >= 0.3 is 12.2 Å². The van der Waals surface area contributed by atoms with Gasteiger partial charge < -0.3 is 15.0 Å². The summed E-state index contributed by atoms with van der Waals surface area (Å²) in [6.45, 7) is 5.98. The quantitative estimate of drug-likeness (QED) is 0.645. The van der Waals surface area contributed by atoms with Crippen molar-refractivity contribution in [2.24, 2.45) is 5.92 Å². The summed E-state index contributed by atoms with van der Waals surface area (Å²) in [5, 5.41) is 2.63. The first kappa shape index (κ1) is 18.3. The van der Waals surface area contributed by atoms with E-state index < -0.39 is 11.7 Å². The predicted molar refractivity (Wildman–Crippen MR) is 85.8 cm³/mol. The summed E-state index contributed by atoms with van der Waals surface area (Å²) in [6.07, 6.45) is -0.986. The monoisotopic (exact) mass is 342 g/mol. The van der Waals surface area contributed by atoms with E-state index in [0.29, 0.717) is 37.9 Å². The van der Waals surface area contributed by atoms with Crippen LogP contribution in [0, 0.1) is 5.92 Å². The summed E-state index contributed by atoms with van der Waals surface area (Å²) >= 11 is 0. The normalized spacial score (nSPS) is 16.0. The Kier molecular flexibility index (Phi) is 6.25. The number of alkyl halides is 3. The fraction of sp³-hybridized carbons (Fsp3) is 0.471. The SMILES string of the molecule is C=CCOCC1CCN(C(=O)Nc2ccc(C(F)(F)F)cc2)CC1. The maximum Gasteiger partial charge on any atom is 0.416 e. The van der Waals surface area contributed by atoms with Gasteiger partial charge in [0, 0.05) is 25.4 Å². The van der Waals surface area contributed by atoms with Crippen LogP contribution in [-0.2, 0) is 10.9 Å². The summed E-state index contributed by atoms with van der Waals surface area (Å²) in [6, 6.07) is 4.14. The van der Waals surface area contributed by atoms with Crippen LogP contribution in [0.2, 0.25) is 0 Å². The molecule has 132 valence electrons. The van der Waals surface area contributed by atoms with E-state index >= 15 is 0 Å². The molecule has 24 heavy (non-hydrogen) atoms. The van der Waals surface area contributed by atoms with Gasteiger partial charge in [0.05, 0.1) is 12.2 Å². The van der Waals surface area contributed by atoms with Crippen LogP contribution in [0.5, 0.6) is 0 Å². The standard InChI is InChI=1S/C17H21F3N2O2/c1-2-11-24-12-13-7-9-22(10-8-13)16(23)21-15-5-3-14(4-6-15)17(18,19)20/h2-6,13H,1,7-12H2,(H,21,23). The van der Waals surface area contributed by atoms with Crippen molar-refractivity contribution in [3.05, 3.63) is 42.5 Å². The van der Waals surface area contributed by atoms with Gasteiger partial charge in [-0.05, 0) is 43.0 Å². The summed E-state index contributed by atoms with van der Waals surface area (Å²) in [5.41, 5.74) is -0.384. The largest absolute Gasteiger partial charge is 0.416 e. The van der Waals surface area contributed by atoms with Crippen molar-refractivity contribution in [2.75, 3.05) is 31.6 Å². The van der Waals surface area contributed by atoms with E-state index in [4.69, 9.17) is 4.74 Å². The zero-order chi connectivity index (χ0) is 17.6. The Labute approximate surface area is 139 Å². The van der Waals surface area contributed by atoms with Crippen LogP contribution < -0.4 is 5.32 Å². The molecule has 1 aliphatic heterocycles. The third kappa shape index (κ3) is 5.26. The van der Waals surface area contributed by atoms with Crippen molar-refractivity contribution < 1.29 is 22.7 Å². The minimum Gasteiger partial charge on any atom is -0.377 e. The number of halogens is 3. The lowest BCUT2D eigenvalue weighted by molar-refractivity contribution is -0.137. The molecule has 1 aliphatic rings. The summed E-state index contributed by atoms with van der Waals surface area (Å²) < 4.78 is 43.0. The Hall–Kier alpha value is -2.02. The zero-order valence-electron chi connectivity index (χ0n) is 13.3. The Bertz CT molecular complexity index is 550. The molecular formula is C17H21F3N2O2. The third-order valence-electron chi connectivity index (χ3n) is 3.95. The fourth-order valence-electron chi connectivity index (χ4n) is 2.57. The van der Waals surface area contributed by atoms with Gasteiger partial charge in [0.1, 0.15) is 0 Å². The van der Waals surface area contributed by atoms with Crippen LogP contribution >= 0.6 is 0 Å². The van der Waals surface area contributed by atoms with Gasteiger partial charge in [-0.2, -0.15) is 13.2 Å². The molecule has 2 amide bonds. The second-order valence-electron chi connectivity index (χ2n) is 5.76. The lowest BCUT2D eigenvalue weighted by Crippen LogP contribution is -2.41. The van der Waals surface area contributed by atoms with Gasteiger partial charge in [0.2, 0.25) is 0 Å². The highest BCUT2D eigenvalue weighted by Gasteiger charge is 2.30.